The van der Waals surface area contributed by atoms with E-state index in [9.17, 15) is 0 Å². The van der Waals surface area contributed by atoms with E-state index in [1.165, 1.54) is 81.2 Å². The van der Waals surface area contributed by atoms with Crippen LogP contribution >= 0.6 is 11.6 Å². The number of quaternary nitrogens is 1. The molecular formula is C22H33ClN+. The average Bonchev–Trinajstić information content (AvgIpc) is 2.62. The minimum absolute atomic E-state index is 0.835. The van der Waals surface area contributed by atoms with E-state index in [0.717, 1.165) is 17.4 Å². The summed E-state index contributed by atoms with van der Waals surface area (Å²) in [5, 5.41) is 0.835. The summed E-state index contributed by atoms with van der Waals surface area (Å²) in [4.78, 5) is 0. The molecule has 0 radical (unpaired) electrons. The van der Waals surface area contributed by atoms with Crippen LogP contribution in [0.4, 0.5) is 0 Å². The normalized spacial score (nSPS) is 27.8. The van der Waals surface area contributed by atoms with Gasteiger partial charge in [0.25, 0.3) is 0 Å². The summed E-state index contributed by atoms with van der Waals surface area (Å²) in [5.41, 5.74) is 3.13. The van der Waals surface area contributed by atoms with Gasteiger partial charge in [-0.3, -0.25) is 0 Å². The molecule has 0 spiro atoms. The van der Waals surface area contributed by atoms with Crippen LogP contribution in [-0.4, -0.2) is 30.7 Å². The molecule has 1 nitrogen and oxygen atoms in total. The third-order valence-electron chi connectivity index (χ3n) is 6.20. The van der Waals surface area contributed by atoms with Gasteiger partial charge < -0.3 is 4.48 Å². The van der Waals surface area contributed by atoms with Gasteiger partial charge in [-0.05, 0) is 48.4 Å². The van der Waals surface area contributed by atoms with Crippen molar-refractivity contribution in [3.05, 3.63) is 46.5 Å². The lowest BCUT2D eigenvalue weighted by Gasteiger charge is -2.50. The highest BCUT2D eigenvalue weighted by molar-refractivity contribution is 6.30. The van der Waals surface area contributed by atoms with E-state index in [0.29, 0.717) is 0 Å². The molecule has 1 aromatic rings. The predicted octanol–water partition coefficient (Wildman–Crippen LogP) is 6.02. The standard InChI is InChI=1S/C22H33ClN/c1-2-3-4-5-6-15-24-16-13-20(14-17-24)21(18-24)10-7-19-8-11-22(23)12-9-19/h8-12,20H,2-7,13-18H2,1H3/q+1/b21-10+. The van der Waals surface area contributed by atoms with Gasteiger partial charge in [0.05, 0.1) is 19.6 Å². The van der Waals surface area contributed by atoms with Crippen LogP contribution in [0.5, 0.6) is 0 Å². The van der Waals surface area contributed by atoms with Crippen molar-refractivity contribution in [1.82, 2.24) is 0 Å². The zero-order valence-corrected chi connectivity index (χ0v) is 16.0. The molecule has 24 heavy (non-hydrogen) atoms. The molecule has 3 saturated heterocycles. The summed E-state index contributed by atoms with van der Waals surface area (Å²) in [6.45, 7) is 7.89. The van der Waals surface area contributed by atoms with Crippen LogP contribution in [-0.2, 0) is 6.42 Å². The average molecular weight is 347 g/mol. The lowest BCUT2D eigenvalue weighted by molar-refractivity contribution is -0.936. The number of fused-ring (bicyclic) bond motifs is 3. The van der Waals surface area contributed by atoms with Gasteiger partial charge in [-0.15, -0.1) is 0 Å². The van der Waals surface area contributed by atoms with Gasteiger partial charge in [-0.2, -0.15) is 0 Å². The first-order valence-electron chi connectivity index (χ1n) is 9.99. The molecule has 3 heterocycles. The summed E-state index contributed by atoms with van der Waals surface area (Å²) in [7, 11) is 0. The molecule has 3 aliphatic rings. The second-order valence-corrected chi connectivity index (χ2v) is 8.41. The zero-order chi connectivity index (χ0) is 16.8. The third-order valence-corrected chi connectivity index (χ3v) is 6.45. The quantitative estimate of drug-likeness (QED) is 0.307. The van der Waals surface area contributed by atoms with Crippen LogP contribution in [0.2, 0.25) is 5.02 Å². The Balaban J connectivity index is 1.55. The van der Waals surface area contributed by atoms with Crippen LogP contribution in [0.15, 0.2) is 35.9 Å². The summed E-state index contributed by atoms with van der Waals surface area (Å²) in [5.74, 6) is 0.873. The molecule has 2 bridgehead atoms. The van der Waals surface area contributed by atoms with Crippen molar-refractivity contribution < 1.29 is 4.48 Å². The molecule has 0 aromatic heterocycles. The maximum absolute atomic E-state index is 5.99. The summed E-state index contributed by atoms with van der Waals surface area (Å²) in [6, 6.07) is 8.35. The van der Waals surface area contributed by atoms with E-state index < -0.39 is 0 Å². The Morgan fingerprint density at radius 1 is 1.04 bits per heavy atom. The Morgan fingerprint density at radius 3 is 2.46 bits per heavy atom. The highest BCUT2D eigenvalue weighted by Gasteiger charge is 2.41. The molecule has 0 amide bonds. The molecule has 0 saturated carbocycles. The van der Waals surface area contributed by atoms with Gasteiger partial charge in [0.1, 0.15) is 6.54 Å². The number of benzene rings is 1. The van der Waals surface area contributed by atoms with E-state index in [4.69, 9.17) is 11.6 Å². The molecule has 0 aliphatic carbocycles. The van der Waals surface area contributed by atoms with Gasteiger partial charge in [-0.1, -0.05) is 56.0 Å². The number of nitrogens with zero attached hydrogens (tertiary/aromatic N) is 1. The molecule has 132 valence electrons. The van der Waals surface area contributed by atoms with Crippen LogP contribution in [0.1, 0.15) is 57.4 Å². The first-order chi connectivity index (χ1) is 11.7. The minimum Gasteiger partial charge on any atom is -0.320 e. The largest absolute Gasteiger partial charge is 0.320 e. The van der Waals surface area contributed by atoms with Crippen molar-refractivity contribution in [3.63, 3.8) is 0 Å². The summed E-state index contributed by atoms with van der Waals surface area (Å²) >= 11 is 5.99. The maximum Gasteiger partial charge on any atom is 0.101 e. The SMILES string of the molecule is CCCCCCC[N+]12CCC(CC1)/C(=C/Cc1ccc(Cl)cc1)C2. The maximum atomic E-state index is 5.99. The fourth-order valence-electron chi connectivity index (χ4n) is 4.61. The van der Waals surface area contributed by atoms with Crippen LogP contribution in [0.3, 0.4) is 0 Å². The number of hydrogen-bond acceptors (Lipinski definition) is 0. The van der Waals surface area contributed by atoms with Gasteiger partial charge in [0.2, 0.25) is 0 Å². The van der Waals surface area contributed by atoms with E-state index in [2.05, 4.69) is 25.1 Å². The van der Waals surface area contributed by atoms with Crippen molar-refractivity contribution in [3.8, 4) is 0 Å². The van der Waals surface area contributed by atoms with Crippen molar-refractivity contribution in [2.24, 2.45) is 5.92 Å². The number of allylic oxidation sites excluding steroid dienone is 1. The first-order valence-corrected chi connectivity index (χ1v) is 10.4. The molecule has 4 rings (SSSR count). The van der Waals surface area contributed by atoms with E-state index >= 15 is 0 Å². The van der Waals surface area contributed by atoms with E-state index in [1.807, 2.05) is 12.1 Å². The van der Waals surface area contributed by atoms with E-state index in [-0.39, 0.29) is 0 Å². The number of halogens is 1. The van der Waals surface area contributed by atoms with Gasteiger partial charge >= 0.3 is 0 Å². The van der Waals surface area contributed by atoms with Crippen molar-refractivity contribution >= 4 is 11.6 Å². The van der Waals surface area contributed by atoms with E-state index in [1.54, 1.807) is 5.57 Å². The second kappa shape index (κ2) is 8.54. The van der Waals surface area contributed by atoms with Gasteiger partial charge in [0.15, 0.2) is 0 Å². The monoisotopic (exact) mass is 346 g/mol. The minimum atomic E-state index is 0.835. The fraction of sp³-hybridized carbons (Fsp3) is 0.636. The first kappa shape index (κ1) is 18.0. The lowest BCUT2D eigenvalue weighted by Crippen LogP contribution is -2.59. The molecule has 3 aliphatic heterocycles. The third kappa shape index (κ3) is 4.64. The molecule has 0 atom stereocenters. The second-order valence-electron chi connectivity index (χ2n) is 7.97. The Kier molecular flexibility index (Phi) is 6.41. The number of unbranched alkanes of at least 4 members (excludes halogenated alkanes) is 4. The molecule has 1 aromatic carbocycles. The van der Waals surface area contributed by atoms with Crippen LogP contribution in [0, 0.1) is 5.92 Å². The predicted molar refractivity (Wildman–Crippen MR) is 104 cm³/mol. The number of rotatable bonds is 8. The fourth-order valence-corrected chi connectivity index (χ4v) is 4.74. The molecule has 0 unspecified atom stereocenters. The molecular weight excluding hydrogens is 314 g/mol. The molecule has 3 fully saturated rings. The Labute approximate surface area is 153 Å². The lowest BCUT2D eigenvalue weighted by atomic mass is 9.80. The molecule has 0 N–H and O–H groups in total. The van der Waals surface area contributed by atoms with Gasteiger partial charge in [-0.25, -0.2) is 0 Å². The molecule has 2 heteroatoms. The van der Waals surface area contributed by atoms with Crippen molar-refractivity contribution in [2.45, 2.75) is 58.3 Å². The highest BCUT2D eigenvalue weighted by Crippen LogP contribution is 2.38. The van der Waals surface area contributed by atoms with Crippen LogP contribution < -0.4 is 0 Å². The number of piperidine rings is 3. The summed E-state index contributed by atoms with van der Waals surface area (Å²) < 4.78 is 1.38. The van der Waals surface area contributed by atoms with Crippen molar-refractivity contribution in [2.75, 3.05) is 26.2 Å². The Hall–Kier alpha value is -0.790. The van der Waals surface area contributed by atoms with Crippen molar-refractivity contribution in [1.29, 1.82) is 0 Å². The van der Waals surface area contributed by atoms with Gasteiger partial charge in [0, 0.05) is 17.9 Å². The smallest absolute Gasteiger partial charge is 0.101 e. The Bertz CT molecular complexity index is 538. The highest BCUT2D eigenvalue weighted by atomic mass is 35.5. The zero-order valence-electron chi connectivity index (χ0n) is 15.3. The topological polar surface area (TPSA) is 0 Å². The number of hydrogen-bond donors (Lipinski definition) is 0. The summed E-state index contributed by atoms with van der Waals surface area (Å²) in [6.07, 6.45) is 13.5. The Morgan fingerprint density at radius 2 is 1.75 bits per heavy atom. The van der Waals surface area contributed by atoms with Crippen LogP contribution in [0.25, 0.3) is 0 Å².